The molecule has 1 aromatic carbocycles. The molecule has 1 saturated heterocycles. The summed E-state index contributed by atoms with van der Waals surface area (Å²) in [6.07, 6.45) is 3.06. The van der Waals surface area contributed by atoms with Gasteiger partial charge in [-0.2, -0.15) is 15.2 Å². The van der Waals surface area contributed by atoms with Crippen LogP contribution in [0.25, 0.3) is 11.4 Å². The first-order valence-corrected chi connectivity index (χ1v) is 13.2. The number of carboxylic acids is 1. The van der Waals surface area contributed by atoms with Crippen molar-refractivity contribution in [3.8, 4) is 11.4 Å². The number of aromatic amines is 1. The molecular weight excluding hydrogens is 508 g/mol. The topological polar surface area (TPSA) is 167 Å². The van der Waals surface area contributed by atoms with Crippen molar-refractivity contribution in [2.75, 3.05) is 35.2 Å². The van der Waals surface area contributed by atoms with Crippen molar-refractivity contribution in [3.63, 3.8) is 0 Å². The van der Waals surface area contributed by atoms with E-state index in [-0.39, 0.29) is 11.0 Å². The maximum absolute atomic E-state index is 11.5. The lowest BCUT2D eigenvalue weighted by Crippen LogP contribution is -2.22. The molecule has 0 bridgehead atoms. The SMILES string of the molecule is Cc1nc(Nc2nc(NCC3CCCO3)c3c(n2)N(Cc2ccc(-c4nn[nH]n4)cc2)CC3)sc1C(=O)O. The van der Waals surface area contributed by atoms with Crippen molar-refractivity contribution < 1.29 is 14.6 Å². The molecule has 13 nitrogen and oxygen atoms in total. The van der Waals surface area contributed by atoms with Gasteiger partial charge in [-0.15, -0.1) is 10.2 Å². The predicted molar refractivity (Wildman–Crippen MR) is 141 cm³/mol. The van der Waals surface area contributed by atoms with Gasteiger partial charge in [-0.25, -0.2) is 9.78 Å². The molecule has 0 aliphatic carbocycles. The number of nitrogens with one attached hydrogen (secondary N) is 3. The Hall–Kier alpha value is -4.17. The minimum absolute atomic E-state index is 0.159. The van der Waals surface area contributed by atoms with Crippen molar-refractivity contribution >= 4 is 40.0 Å². The lowest BCUT2D eigenvalue weighted by Gasteiger charge is -2.20. The van der Waals surface area contributed by atoms with Gasteiger partial charge >= 0.3 is 5.97 Å². The Kier molecular flexibility index (Phi) is 6.55. The summed E-state index contributed by atoms with van der Waals surface area (Å²) >= 11 is 1.07. The Morgan fingerprint density at radius 2 is 2.13 bits per heavy atom. The summed E-state index contributed by atoms with van der Waals surface area (Å²) < 4.78 is 5.78. The van der Waals surface area contributed by atoms with Gasteiger partial charge in [0.15, 0.2) is 5.13 Å². The zero-order chi connectivity index (χ0) is 26.1. The fourth-order valence-electron chi connectivity index (χ4n) is 4.70. The number of thiazole rings is 1. The number of tetrazole rings is 1. The quantitative estimate of drug-likeness (QED) is 0.248. The zero-order valence-corrected chi connectivity index (χ0v) is 21.5. The molecule has 4 N–H and O–H groups in total. The number of nitrogens with zero attached hydrogens (tertiary/aromatic N) is 7. The molecular formula is C24H26N10O3S. The van der Waals surface area contributed by atoms with E-state index in [4.69, 9.17) is 14.7 Å². The van der Waals surface area contributed by atoms with Gasteiger partial charge in [0.1, 0.15) is 16.5 Å². The summed E-state index contributed by atoms with van der Waals surface area (Å²) in [6, 6.07) is 8.05. The van der Waals surface area contributed by atoms with Gasteiger partial charge in [0.25, 0.3) is 0 Å². The lowest BCUT2D eigenvalue weighted by molar-refractivity contribution is 0.0701. The van der Waals surface area contributed by atoms with Crippen LogP contribution in [-0.2, 0) is 17.7 Å². The van der Waals surface area contributed by atoms with Gasteiger partial charge < -0.3 is 20.1 Å². The van der Waals surface area contributed by atoms with Gasteiger partial charge in [-0.1, -0.05) is 35.6 Å². The largest absolute Gasteiger partial charge is 0.477 e. The second kappa shape index (κ2) is 10.3. The molecule has 5 heterocycles. The Morgan fingerprint density at radius 3 is 2.84 bits per heavy atom. The standard InChI is InChI=1S/C24H26N10O3S/c1-13-18(22(35)36)38-24(26-13)29-23-27-20(25-11-16-3-2-10-37-16)17-8-9-34(21(17)28-23)12-14-4-6-15(7-5-14)19-30-32-33-31-19/h4-7,16H,2-3,8-12H2,1H3,(H,35,36)(H,30,31,32,33)(H2,25,26,27,28,29). The van der Waals surface area contributed by atoms with Crippen LogP contribution in [0.1, 0.15) is 39.3 Å². The first kappa shape index (κ1) is 24.2. The highest BCUT2D eigenvalue weighted by atomic mass is 32.1. The van der Waals surface area contributed by atoms with Crippen LogP contribution in [0.2, 0.25) is 0 Å². The third-order valence-corrected chi connectivity index (χ3v) is 7.64. The third kappa shape index (κ3) is 4.99. The highest BCUT2D eigenvalue weighted by Gasteiger charge is 2.27. The van der Waals surface area contributed by atoms with Crippen molar-refractivity contribution in [2.24, 2.45) is 0 Å². The fraction of sp³-hybridized carbons (Fsp3) is 0.375. The number of hydrogen-bond donors (Lipinski definition) is 4. The number of carbonyl (C=O) groups is 1. The molecule has 6 rings (SSSR count). The average molecular weight is 535 g/mol. The number of rotatable bonds is 9. The van der Waals surface area contributed by atoms with Crippen molar-refractivity contribution in [1.29, 1.82) is 0 Å². The number of aryl methyl sites for hydroxylation is 1. The molecule has 1 unspecified atom stereocenters. The van der Waals surface area contributed by atoms with E-state index in [0.717, 1.165) is 72.1 Å². The van der Waals surface area contributed by atoms with Crippen LogP contribution < -0.4 is 15.5 Å². The Balaban J connectivity index is 1.26. The molecule has 2 aliphatic rings. The Labute approximate surface area is 221 Å². The van der Waals surface area contributed by atoms with E-state index < -0.39 is 5.97 Å². The van der Waals surface area contributed by atoms with Crippen LogP contribution in [0.3, 0.4) is 0 Å². The molecule has 1 fully saturated rings. The fourth-order valence-corrected chi connectivity index (χ4v) is 5.49. The van der Waals surface area contributed by atoms with Gasteiger partial charge in [0.05, 0.1) is 11.8 Å². The normalized spacial score (nSPS) is 16.6. The average Bonchev–Trinajstić information content (AvgIpc) is 3.72. The molecule has 196 valence electrons. The molecule has 38 heavy (non-hydrogen) atoms. The molecule has 3 aromatic heterocycles. The molecule has 0 spiro atoms. The van der Waals surface area contributed by atoms with E-state index >= 15 is 0 Å². The van der Waals surface area contributed by atoms with E-state index in [1.807, 2.05) is 24.3 Å². The summed E-state index contributed by atoms with van der Waals surface area (Å²) in [5.74, 6) is 1.51. The second-order valence-corrected chi connectivity index (χ2v) is 10.2. The van der Waals surface area contributed by atoms with E-state index in [1.165, 1.54) is 0 Å². The van der Waals surface area contributed by atoms with Crippen LogP contribution in [-0.4, -0.2) is 72.5 Å². The Morgan fingerprint density at radius 1 is 1.26 bits per heavy atom. The van der Waals surface area contributed by atoms with Crippen LogP contribution >= 0.6 is 11.3 Å². The van der Waals surface area contributed by atoms with Gasteiger partial charge in [-0.05, 0) is 37.0 Å². The number of fused-ring (bicyclic) bond motifs is 1. The number of anilines is 4. The van der Waals surface area contributed by atoms with E-state index in [0.29, 0.717) is 35.7 Å². The van der Waals surface area contributed by atoms with Crippen LogP contribution in [0.4, 0.5) is 22.7 Å². The summed E-state index contributed by atoms with van der Waals surface area (Å²) in [4.78, 5) is 27.8. The smallest absolute Gasteiger partial charge is 0.347 e. The Bertz CT molecular complexity index is 1430. The molecule has 4 aromatic rings. The van der Waals surface area contributed by atoms with Crippen LogP contribution in [0, 0.1) is 6.92 Å². The monoisotopic (exact) mass is 534 g/mol. The van der Waals surface area contributed by atoms with E-state index in [1.54, 1.807) is 6.92 Å². The number of benzene rings is 1. The molecule has 0 amide bonds. The maximum Gasteiger partial charge on any atom is 0.347 e. The van der Waals surface area contributed by atoms with Gasteiger partial charge in [0.2, 0.25) is 11.8 Å². The van der Waals surface area contributed by atoms with E-state index in [9.17, 15) is 9.90 Å². The van der Waals surface area contributed by atoms with E-state index in [2.05, 4.69) is 41.1 Å². The zero-order valence-electron chi connectivity index (χ0n) is 20.6. The minimum atomic E-state index is -1.00. The van der Waals surface area contributed by atoms with Crippen molar-refractivity contribution in [3.05, 3.63) is 46.0 Å². The number of ether oxygens (including phenoxy) is 1. The molecule has 0 radical (unpaired) electrons. The third-order valence-electron chi connectivity index (χ3n) is 6.58. The summed E-state index contributed by atoms with van der Waals surface area (Å²) in [5.41, 5.74) is 3.51. The van der Waals surface area contributed by atoms with Crippen molar-refractivity contribution in [1.82, 2.24) is 35.6 Å². The van der Waals surface area contributed by atoms with Crippen molar-refractivity contribution in [2.45, 2.75) is 38.8 Å². The minimum Gasteiger partial charge on any atom is -0.477 e. The first-order chi connectivity index (χ1) is 18.5. The summed E-state index contributed by atoms with van der Waals surface area (Å²) in [5, 5.41) is 30.6. The first-order valence-electron chi connectivity index (χ1n) is 12.4. The highest BCUT2D eigenvalue weighted by molar-refractivity contribution is 7.17. The van der Waals surface area contributed by atoms with Crippen LogP contribution in [0.15, 0.2) is 24.3 Å². The molecule has 1 atom stereocenters. The van der Waals surface area contributed by atoms with Gasteiger partial charge in [-0.3, -0.25) is 5.32 Å². The van der Waals surface area contributed by atoms with Gasteiger partial charge in [0, 0.05) is 37.4 Å². The molecule has 2 aliphatic heterocycles. The number of H-pyrrole nitrogens is 1. The highest BCUT2D eigenvalue weighted by Crippen LogP contribution is 2.35. The van der Waals surface area contributed by atoms with Crippen LogP contribution in [0.5, 0.6) is 0 Å². The number of aromatic carboxylic acids is 1. The number of carboxylic acid groups (broad SMARTS) is 1. The maximum atomic E-state index is 11.5. The lowest BCUT2D eigenvalue weighted by atomic mass is 10.1. The summed E-state index contributed by atoms with van der Waals surface area (Å²) in [6.45, 7) is 4.60. The second-order valence-electron chi connectivity index (χ2n) is 9.18. The summed E-state index contributed by atoms with van der Waals surface area (Å²) in [7, 11) is 0. The molecule has 14 heteroatoms. The molecule has 0 saturated carbocycles. The number of aromatic nitrogens is 7. The number of hydrogen-bond acceptors (Lipinski definition) is 12. The predicted octanol–water partition coefficient (Wildman–Crippen LogP) is 3.02.